The number of carbonyl (C=O) groups excluding carboxylic acids is 1. The Morgan fingerprint density at radius 1 is 0.906 bits per heavy atom. The minimum atomic E-state index is -0.364. The largest absolute Gasteiger partial charge is 0.293 e. The van der Waals surface area contributed by atoms with Crippen LogP contribution in [0.15, 0.2) is 84.0 Å². The van der Waals surface area contributed by atoms with Crippen LogP contribution in [0.2, 0.25) is 5.02 Å². The first-order chi connectivity index (χ1) is 15.6. The van der Waals surface area contributed by atoms with Crippen molar-refractivity contribution in [3.05, 3.63) is 107 Å². The fraction of sp³-hybridized carbons (Fsp3) is 0.125. The van der Waals surface area contributed by atoms with Crippen molar-refractivity contribution in [2.24, 2.45) is 0 Å². The summed E-state index contributed by atoms with van der Waals surface area (Å²) in [5.74, 6) is 1.92. The lowest BCUT2D eigenvalue weighted by Crippen LogP contribution is -2.06. The van der Waals surface area contributed by atoms with E-state index in [0.717, 1.165) is 27.9 Å². The van der Waals surface area contributed by atoms with Crippen molar-refractivity contribution >= 4 is 40.9 Å². The molecule has 32 heavy (non-hydrogen) atoms. The molecule has 0 saturated carbocycles. The molecule has 0 aliphatic rings. The molecule has 3 aromatic carbocycles. The molecule has 0 unspecified atom stereocenters. The van der Waals surface area contributed by atoms with Gasteiger partial charge in [0.15, 0.2) is 10.9 Å². The first kappa shape index (κ1) is 22.6. The molecule has 0 radical (unpaired) electrons. The van der Waals surface area contributed by atoms with Crippen molar-refractivity contribution in [2.45, 2.75) is 16.7 Å². The zero-order valence-corrected chi connectivity index (χ0v) is 19.3. The number of hydrogen-bond acceptors (Lipinski definition) is 5. The number of ketones is 1. The van der Waals surface area contributed by atoms with Crippen LogP contribution in [0, 0.1) is 5.82 Å². The molecule has 0 aliphatic heterocycles. The molecule has 0 bridgehead atoms. The lowest BCUT2D eigenvalue weighted by molar-refractivity contribution is 0.102. The van der Waals surface area contributed by atoms with E-state index in [4.69, 9.17) is 11.6 Å². The van der Waals surface area contributed by atoms with Crippen LogP contribution in [0.5, 0.6) is 0 Å². The van der Waals surface area contributed by atoms with Crippen LogP contribution in [0.1, 0.15) is 21.7 Å². The number of carbonyl (C=O) groups is 1. The molecule has 0 fully saturated rings. The average Bonchev–Trinajstić information content (AvgIpc) is 3.22. The second kappa shape index (κ2) is 10.8. The summed E-state index contributed by atoms with van der Waals surface area (Å²) in [6.45, 7) is 0. The van der Waals surface area contributed by atoms with E-state index in [1.165, 1.54) is 36.0 Å². The molecular formula is C24H19ClFN3OS2. The molecule has 0 amide bonds. The Bertz CT molecular complexity index is 1200. The van der Waals surface area contributed by atoms with E-state index in [-0.39, 0.29) is 17.4 Å². The Kier molecular flexibility index (Phi) is 7.63. The molecule has 0 spiro atoms. The van der Waals surface area contributed by atoms with Crippen molar-refractivity contribution in [2.75, 3.05) is 5.75 Å². The van der Waals surface area contributed by atoms with Gasteiger partial charge in [-0.2, -0.15) is 0 Å². The Morgan fingerprint density at radius 3 is 2.38 bits per heavy atom. The van der Waals surface area contributed by atoms with Gasteiger partial charge in [-0.25, -0.2) is 4.39 Å². The number of nitrogens with zero attached hydrogens (tertiary/aromatic N) is 3. The summed E-state index contributed by atoms with van der Waals surface area (Å²) in [5.41, 5.74) is 2.48. The summed E-state index contributed by atoms with van der Waals surface area (Å²) in [4.78, 5) is 12.5. The average molecular weight is 484 g/mol. The van der Waals surface area contributed by atoms with Gasteiger partial charge in [0.25, 0.3) is 0 Å². The van der Waals surface area contributed by atoms with Gasteiger partial charge in [-0.15, -0.1) is 22.0 Å². The SMILES string of the molecule is O=C(CSc1nnc(CSCc2ccccc2Cl)n1-c1ccccc1)c1ccc(F)cc1. The lowest BCUT2D eigenvalue weighted by atomic mass is 10.1. The van der Waals surface area contributed by atoms with E-state index in [2.05, 4.69) is 10.2 Å². The highest BCUT2D eigenvalue weighted by Gasteiger charge is 2.17. The molecular weight excluding hydrogens is 465 g/mol. The number of aromatic nitrogens is 3. The topological polar surface area (TPSA) is 47.8 Å². The third kappa shape index (κ3) is 5.59. The van der Waals surface area contributed by atoms with Gasteiger partial charge in [0.05, 0.1) is 11.5 Å². The summed E-state index contributed by atoms with van der Waals surface area (Å²) < 4.78 is 15.1. The van der Waals surface area contributed by atoms with E-state index in [1.54, 1.807) is 11.8 Å². The van der Waals surface area contributed by atoms with Gasteiger partial charge in [-0.1, -0.05) is 59.8 Å². The third-order valence-corrected chi connectivity index (χ3v) is 6.94. The van der Waals surface area contributed by atoms with Gasteiger partial charge in [0.1, 0.15) is 11.6 Å². The van der Waals surface area contributed by atoms with Crippen LogP contribution in [0.4, 0.5) is 4.39 Å². The van der Waals surface area contributed by atoms with Crippen LogP contribution in [-0.2, 0) is 11.5 Å². The highest BCUT2D eigenvalue weighted by Crippen LogP contribution is 2.27. The smallest absolute Gasteiger partial charge is 0.196 e. The van der Waals surface area contributed by atoms with Crippen LogP contribution in [0.25, 0.3) is 5.69 Å². The van der Waals surface area contributed by atoms with Crippen molar-refractivity contribution in [1.82, 2.24) is 14.8 Å². The maximum Gasteiger partial charge on any atom is 0.196 e. The van der Waals surface area contributed by atoms with Gasteiger partial charge in [-0.05, 0) is 48.0 Å². The quantitative estimate of drug-likeness (QED) is 0.202. The molecule has 0 N–H and O–H groups in total. The van der Waals surface area contributed by atoms with Gasteiger partial charge in [0, 0.05) is 22.0 Å². The number of Topliss-reactive ketones (excluding diaryl/α,β-unsaturated/α-hetero) is 1. The standard InChI is InChI=1S/C24H19ClFN3OS2/c25-21-9-5-4-6-18(21)14-31-16-23-27-28-24(29(23)20-7-2-1-3-8-20)32-15-22(30)17-10-12-19(26)13-11-17/h1-13H,14-16H2. The second-order valence-electron chi connectivity index (χ2n) is 6.87. The van der Waals surface area contributed by atoms with Gasteiger partial charge in [0.2, 0.25) is 0 Å². The molecule has 0 saturated heterocycles. The zero-order valence-electron chi connectivity index (χ0n) is 16.9. The van der Waals surface area contributed by atoms with E-state index in [0.29, 0.717) is 16.5 Å². The number of para-hydroxylation sites is 1. The maximum atomic E-state index is 13.1. The van der Waals surface area contributed by atoms with Crippen LogP contribution < -0.4 is 0 Å². The van der Waals surface area contributed by atoms with Crippen molar-refractivity contribution < 1.29 is 9.18 Å². The van der Waals surface area contributed by atoms with Crippen LogP contribution in [-0.4, -0.2) is 26.3 Å². The van der Waals surface area contributed by atoms with Crippen molar-refractivity contribution in [3.63, 3.8) is 0 Å². The fourth-order valence-corrected chi connectivity index (χ4v) is 5.13. The summed E-state index contributed by atoms with van der Waals surface area (Å²) in [6, 6.07) is 23.2. The third-order valence-electron chi connectivity index (χ3n) is 4.66. The lowest BCUT2D eigenvalue weighted by Gasteiger charge is -2.10. The first-order valence-electron chi connectivity index (χ1n) is 9.84. The predicted molar refractivity (Wildman–Crippen MR) is 129 cm³/mol. The molecule has 0 atom stereocenters. The van der Waals surface area contributed by atoms with E-state index in [9.17, 15) is 9.18 Å². The minimum absolute atomic E-state index is 0.0905. The van der Waals surface area contributed by atoms with Crippen LogP contribution in [0.3, 0.4) is 0 Å². The Balaban J connectivity index is 1.49. The minimum Gasteiger partial charge on any atom is -0.293 e. The van der Waals surface area contributed by atoms with E-state index >= 15 is 0 Å². The van der Waals surface area contributed by atoms with Crippen molar-refractivity contribution in [1.29, 1.82) is 0 Å². The van der Waals surface area contributed by atoms with E-state index in [1.807, 2.05) is 59.2 Å². The summed E-state index contributed by atoms with van der Waals surface area (Å²) in [6.07, 6.45) is 0. The Hall–Kier alpha value is -2.61. The molecule has 0 aliphatic carbocycles. The molecule has 162 valence electrons. The number of rotatable bonds is 9. The molecule has 4 aromatic rings. The van der Waals surface area contributed by atoms with Gasteiger partial charge in [-0.3, -0.25) is 9.36 Å². The van der Waals surface area contributed by atoms with Crippen LogP contribution >= 0.6 is 35.1 Å². The van der Waals surface area contributed by atoms with Gasteiger partial charge >= 0.3 is 0 Å². The molecule has 4 rings (SSSR count). The molecule has 4 nitrogen and oxygen atoms in total. The summed E-state index contributed by atoms with van der Waals surface area (Å²) in [7, 11) is 0. The van der Waals surface area contributed by atoms with Crippen molar-refractivity contribution in [3.8, 4) is 5.69 Å². The molecule has 1 aromatic heterocycles. The Morgan fingerprint density at radius 2 is 1.62 bits per heavy atom. The highest BCUT2D eigenvalue weighted by molar-refractivity contribution is 7.99. The summed E-state index contributed by atoms with van der Waals surface area (Å²) >= 11 is 9.28. The number of benzene rings is 3. The molecule has 8 heteroatoms. The second-order valence-corrected chi connectivity index (χ2v) is 9.21. The zero-order chi connectivity index (χ0) is 22.3. The van der Waals surface area contributed by atoms with Gasteiger partial charge < -0.3 is 0 Å². The normalized spacial score (nSPS) is 10.9. The number of halogens is 2. The number of thioether (sulfide) groups is 2. The Labute approximate surface area is 199 Å². The monoisotopic (exact) mass is 483 g/mol. The molecule has 1 heterocycles. The number of hydrogen-bond donors (Lipinski definition) is 0. The highest BCUT2D eigenvalue weighted by atomic mass is 35.5. The van der Waals surface area contributed by atoms with E-state index < -0.39 is 0 Å². The fourth-order valence-electron chi connectivity index (χ4n) is 3.04. The first-order valence-corrected chi connectivity index (χ1v) is 12.4. The maximum absolute atomic E-state index is 13.1. The summed E-state index contributed by atoms with van der Waals surface area (Å²) in [5, 5.41) is 10.1. The predicted octanol–water partition coefficient (Wildman–Crippen LogP) is 6.47.